The maximum Gasteiger partial charge on any atom is 0.327 e. The molecule has 24 heavy (non-hydrogen) atoms. The molecule has 0 aromatic carbocycles. The van der Waals surface area contributed by atoms with E-state index in [1.807, 2.05) is 19.0 Å². The average Bonchev–Trinajstić information content (AvgIpc) is 2.89. The van der Waals surface area contributed by atoms with E-state index in [1.54, 1.807) is 18.5 Å². The van der Waals surface area contributed by atoms with Gasteiger partial charge in [-0.05, 0) is 26.2 Å². The van der Waals surface area contributed by atoms with Gasteiger partial charge in [0.15, 0.2) is 0 Å². The number of thiophene rings is 1. The van der Waals surface area contributed by atoms with Crippen LogP contribution in [0, 0.1) is 0 Å². The van der Waals surface area contributed by atoms with Crippen molar-refractivity contribution in [2.45, 2.75) is 4.21 Å². The van der Waals surface area contributed by atoms with E-state index in [1.165, 1.54) is 11.0 Å². The number of carbonyl (C=O) groups is 1. The monoisotopic (exact) mass is 391 g/mol. The van der Waals surface area contributed by atoms with Crippen LogP contribution in [-0.2, 0) is 10.0 Å². The fourth-order valence-corrected chi connectivity index (χ4v) is 4.45. The number of anilines is 1. The quantitative estimate of drug-likeness (QED) is 0.770. The highest BCUT2D eigenvalue weighted by atomic mass is 35.5. The molecule has 132 valence electrons. The van der Waals surface area contributed by atoms with Gasteiger partial charge in [-0.15, -0.1) is 11.3 Å². The standard InChI is InChI=1S/C13H18ClN5O3S2/c1-18(2)7-5-16-24(21,22)11-8-10(12(14)23-11)17-13(20)19-6-3-4-15-9-19/h3-4,6,8,16H,5,7,9H2,1-2H3,(H,17,20). The molecule has 0 saturated carbocycles. The summed E-state index contributed by atoms with van der Waals surface area (Å²) in [4.78, 5) is 19.2. The Hall–Kier alpha value is -1.46. The van der Waals surface area contributed by atoms with Crippen molar-refractivity contribution in [3.05, 3.63) is 22.7 Å². The second-order valence-corrected chi connectivity index (χ2v) is 8.82. The first-order valence-electron chi connectivity index (χ1n) is 6.97. The maximum atomic E-state index is 12.2. The van der Waals surface area contributed by atoms with Gasteiger partial charge >= 0.3 is 6.03 Å². The number of sulfonamides is 1. The van der Waals surface area contributed by atoms with Crippen molar-refractivity contribution in [1.29, 1.82) is 0 Å². The molecule has 0 bridgehead atoms. The van der Waals surface area contributed by atoms with Crippen LogP contribution in [0.15, 0.2) is 27.5 Å². The van der Waals surface area contributed by atoms with Gasteiger partial charge in [0.2, 0.25) is 10.0 Å². The Morgan fingerprint density at radius 1 is 1.50 bits per heavy atom. The molecule has 2 heterocycles. The smallest absolute Gasteiger partial charge is 0.308 e. The zero-order valence-corrected chi connectivity index (χ0v) is 15.6. The SMILES string of the molecule is CN(C)CCNS(=O)(=O)c1cc(NC(=O)N2C=CC=NC2)c(Cl)s1. The van der Waals surface area contributed by atoms with Crippen LogP contribution >= 0.6 is 22.9 Å². The maximum absolute atomic E-state index is 12.2. The van der Waals surface area contributed by atoms with Crippen molar-refractivity contribution in [2.24, 2.45) is 4.99 Å². The Bertz CT molecular complexity index is 758. The molecule has 2 N–H and O–H groups in total. The number of allylic oxidation sites excluding steroid dienone is 1. The van der Waals surface area contributed by atoms with E-state index in [0.29, 0.717) is 6.54 Å². The Kier molecular flexibility index (Phi) is 6.35. The topological polar surface area (TPSA) is 94.1 Å². The summed E-state index contributed by atoms with van der Waals surface area (Å²) in [6.45, 7) is 1.05. The van der Waals surface area contributed by atoms with Gasteiger partial charge in [-0.1, -0.05) is 11.6 Å². The number of urea groups is 1. The number of halogens is 1. The number of carbonyl (C=O) groups excluding carboxylic acids is 1. The normalized spacial score (nSPS) is 14.4. The molecule has 0 fully saturated rings. The van der Waals surface area contributed by atoms with Crippen molar-refractivity contribution >= 4 is 50.9 Å². The van der Waals surface area contributed by atoms with Crippen molar-refractivity contribution in [1.82, 2.24) is 14.5 Å². The van der Waals surface area contributed by atoms with Gasteiger partial charge in [0.05, 0.1) is 5.69 Å². The van der Waals surface area contributed by atoms with Gasteiger partial charge < -0.3 is 10.2 Å². The van der Waals surface area contributed by atoms with Crippen molar-refractivity contribution < 1.29 is 13.2 Å². The Morgan fingerprint density at radius 2 is 2.25 bits per heavy atom. The lowest BCUT2D eigenvalue weighted by Crippen LogP contribution is -2.32. The number of hydrogen-bond donors (Lipinski definition) is 2. The van der Waals surface area contributed by atoms with Gasteiger partial charge in [-0.3, -0.25) is 9.89 Å². The molecule has 1 aromatic heterocycles. The second kappa shape index (κ2) is 8.08. The number of amides is 2. The van der Waals surface area contributed by atoms with E-state index in [4.69, 9.17) is 11.6 Å². The number of rotatable bonds is 6. The minimum absolute atomic E-state index is 0.0498. The molecule has 1 aliphatic rings. The molecule has 0 radical (unpaired) electrons. The number of nitrogens with one attached hydrogen (secondary N) is 2. The summed E-state index contributed by atoms with van der Waals surface area (Å²) in [5.41, 5.74) is 0.252. The molecule has 2 amide bonds. The van der Waals surface area contributed by atoms with Crippen LogP contribution in [0.4, 0.5) is 10.5 Å². The number of nitrogens with zero attached hydrogens (tertiary/aromatic N) is 3. The summed E-state index contributed by atoms with van der Waals surface area (Å²) in [7, 11) is 0.0372. The van der Waals surface area contributed by atoms with Gasteiger partial charge in [0.1, 0.15) is 15.2 Å². The molecule has 1 aromatic rings. The molecule has 0 aliphatic carbocycles. The Balaban J connectivity index is 2.05. The minimum atomic E-state index is -3.66. The Labute approximate surface area is 149 Å². The summed E-state index contributed by atoms with van der Waals surface area (Å²) in [5.74, 6) is 0. The van der Waals surface area contributed by atoms with Gasteiger partial charge in [0, 0.05) is 25.5 Å². The molecular formula is C13H18ClN5O3S2. The van der Waals surface area contributed by atoms with Crippen LogP contribution in [0.3, 0.4) is 0 Å². The lowest BCUT2D eigenvalue weighted by molar-refractivity contribution is 0.229. The summed E-state index contributed by atoms with van der Waals surface area (Å²) < 4.78 is 27.2. The van der Waals surface area contributed by atoms with E-state index < -0.39 is 16.1 Å². The van der Waals surface area contributed by atoms with Gasteiger partial charge in [-0.2, -0.15) is 0 Å². The molecule has 8 nitrogen and oxygen atoms in total. The summed E-state index contributed by atoms with van der Waals surface area (Å²) in [6.07, 6.45) is 4.79. The van der Waals surface area contributed by atoms with Crippen LogP contribution in [0.1, 0.15) is 0 Å². The van der Waals surface area contributed by atoms with Crippen LogP contribution in [0.25, 0.3) is 0 Å². The summed E-state index contributed by atoms with van der Waals surface area (Å²) in [6, 6.07) is 0.909. The number of hydrogen-bond acceptors (Lipinski definition) is 6. The highest BCUT2D eigenvalue weighted by Crippen LogP contribution is 2.35. The van der Waals surface area contributed by atoms with Crippen molar-refractivity contribution in [2.75, 3.05) is 39.2 Å². The minimum Gasteiger partial charge on any atom is -0.308 e. The molecule has 0 spiro atoms. The fourth-order valence-electron chi connectivity index (χ4n) is 1.74. The summed E-state index contributed by atoms with van der Waals surface area (Å²) in [5, 5.41) is 2.59. The predicted octanol–water partition coefficient (Wildman–Crippen LogP) is 1.63. The second-order valence-electron chi connectivity index (χ2n) is 5.17. The Morgan fingerprint density at radius 3 is 2.88 bits per heavy atom. The first-order chi connectivity index (χ1) is 11.3. The third-order valence-corrected chi connectivity index (χ3v) is 6.27. The molecule has 0 atom stereocenters. The molecular weight excluding hydrogens is 374 g/mol. The number of likely N-dealkylation sites (N-methyl/N-ethyl adjacent to an activating group) is 1. The molecule has 1 aliphatic heterocycles. The lowest BCUT2D eigenvalue weighted by Gasteiger charge is -2.17. The first-order valence-corrected chi connectivity index (χ1v) is 9.65. The number of aliphatic imine (C=N–C) groups is 1. The highest BCUT2D eigenvalue weighted by molar-refractivity contribution is 7.91. The molecule has 0 unspecified atom stereocenters. The average molecular weight is 392 g/mol. The van der Waals surface area contributed by atoms with Crippen LogP contribution in [-0.4, -0.2) is 64.3 Å². The molecule has 11 heteroatoms. The van der Waals surface area contributed by atoms with E-state index in [9.17, 15) is 13.2 Å². The molecule has 0 saturated heterocycles. The first kappa shape index (κ1) is 18.9. The third-order valence-electron chi connectivity index (χ3n) is 2.97. The zero-order chi connectivity index (χ0) is 17.7. The van der Waals surface area contributed by atoms with E-state index >= 15 is 0 Å². The van der Waals surface area contributed by atoms with Crippen molar-refractivity contribution in [3.63, 3.8) is 0 Å². The van der Waals surface area contributed by atoms with Gasteiger partial charge in [0.25, 0.3) is 0 Å². The molecule has 2 rings (SSSR count). The van der Waals surface area contributed by atoms with E-state index in [-0.39, 0.29) is 27.4 Å². The van der Waals surface area contributed by atoms with Crippen LogP contribution in [0.2, 0.25) is 4.34 Å². The lowest BCUT2D eigenvalue weighted by atomic mass is 10.5. The van der Waals surface area contributed by atoms with Crippen LogP contribution in [0.5, 0.6) is 0 Å². The van der Waals surface area contributed by atoms with Gasteiger partial charge in [-0.25, -0.2) is 17.9 Å². The third kappa shape index (κ3) is 5.02. The fraction of sp³-hybridized carbons (Fsp3) is 0.385. The zero-order valence-electron chi connectivity index (χ0n) is 13.2. The predicted molar refractivity (Wildman–Crippen MR) is 96.4 cm³/mol. The van der Waals surface area contributed by atoms with E-state index in [0.717, 1.165) is 11.3 Å². The van der Waals surface area contributed by atoms with E-state index in [2.05, 4.69) is 15.0 Å². The largest absolute Gasteiger partial charge is 0.327 e. The summed E-state index contributed by atoms with van der Waals surface area (Å²) >= 11 is 6.94. The van der Waals surface area contributed by atoms with Crippen LogP contribution < -0.4 is 10.0 Å². The van der Waals surface area contributed by atoms with Crippen molar-refractivity contribution in [3.8, 4) is 0 Å². The highest BCUT2D eigenvalue weighted by Gasteiger charge is 2.21.